The molecule has 0 atom stereocenters. The summed E-state index contributed by atoms with van der Waals surface area (Å²) in [6.07, 6.45) is 5.30. The van der Waals surface area contributed by atoms with Crippen LogP contribution in [0.1, 0.15) is 58.4 Å². The fourth-order valence-corrected chi connectivity index (χ4v) is 4.80. The van der Waals surface area contributed by atoms with Crippen LogP contribution in [0, 0.1) is 11.3 Å². The standard InChI is InChI=1S/C19H26OS/c1-4-18(2,3)15-8-11-19(20,12-9-15)16-7-5-6-14-10-13-21-17(14)16/h5-7,10,13,15,20H,4,8-9,11-12H2,1-3H3. The van der Waals surface area contributed by atoms with Gasteiger partial charge < -0.3 is 5.11 Å². The third-order valence-electron chi connectivity index (χ3n) is 5.81. The molecule has 0 unspecified atom stereocenters. The van der Waals surface area contributed by atoms with E-state index >= 15 is 0 Å². The molecule has 1 aromatic heterocycles. The smallest absolute Gasteiger partial charge is 0.0910 e. The number of benzene rings is 1. The summed E-state index contributed by atoms with van der Waals surface area (Å²) in [6.45, 7) is 7.04. The number of rotatable bonds is 3. The number of fused-ring (bicyclic) bond motifs is 1. The number of thiophene rings is 1. The topological polar surface area (TPSA) is 20.2 Å². The summed E-state index contributed by atoms with van der Waals surface area (Å²) in [5, 5.41) is 14.6. The first kappa shape index (κ1) is 15.1. The summed E-state index contributed by atoms with van der Waals surface area (Å²) in [6, 6.07) is 8.51. The summed E-state index contributed by atoms with van der Waals surface area (Å²) in [4.78, 5) is 0. The summed E-state index contributed by atoms with van der Waals surface area (Å²) >= 11 is 1.76. The molecule has 1 fully saturated rings. The fraction of sp³-hybridized carbons (Fsp3) is 0.579. The Morgan fingerprint density at radius 2 is 1.95 bits per heavy atom. The molecule has 1 aromatic carbocycles. The van der Waals surface area contributed by atoms with Crippen molar-refractivity contribution in [3.63, 3.8) is 0 Å². The zero-order valence-electron chi connectivity index (χ0n) is 13.4. The third-order valence-corrected chi connectivity index (χ3v) is 6.77. The maximum atomic E-state index is 11.2. The Kier molecular flexibility index (Phi) is 3.87. The maximum Gasteiger partial charge on any atom is 0.0910 e. The first-order chi connectivity index (χ1) is 9.96. The van der Waals surface area contributed by atoms with Gasteiger partial charge in [0.05, 0.1) is 5.60 Å². The first-order valence-electron chi connectivity index (χ1n) is 8.15. The molecule has 0 amide bonds. The van der Waals surface area contributed by atoms with E-state index in [1.54, 1.807) is 11.3 Å². The van der Waals surface area contributed by atoms with Crippen molar-refractivity contribution < 1.29 is 5.11 Å². The van der Waals surface area contributed by atoms with E-state index in [9.17, 15) is 5.11 Å². The monoisotopic (exact) mass is 302 g/mol. The predicted molar refractivity (Wildman–Crippen MR) is 91.8 cm³/mol. The van der Waals surface area contributed by atoms with Gasteiger partial charge in [0, 0.05) is 10.3 Å². The van der Waals surface area contributed by atoms with E-state index in [4.69, 9.17) is 0 Å². The molecule has 1 heterocycles. The summed E-state index contributed by atoms with van der Waals surface area (Å²) < 4.78 is 1.27. The van der Waals surface area contributed by atoms with Gasteiger partial charge in [-0.3, -0.25) is 0 Å². The van der Waals surface area contributed by atoms with E-state index in [-0.39, 0.29) is 0 Å². The van der Waals surface area contributed by atoms with Crippen LogP contribution in [0.2, 0.25) is 0 Å². The molecule has 2 aromatic rings. The normalized spacial score (nSPS) is 27.1. The van der Waals surface area contributed by atoms with Gasteiger partial charge in [0.2, 0.25) is 0 Å². The van der Waals surface area contributed by atoms with E-state index in [2.05, 4.69) is 50.4 Å². The molecule has 2 heteroatoms. The van der Waals surface area contributed by atoms with Crippen molar-refractivity contribution in [2.45, 2.75) is 58.5 Å². The second kappa shape index (κ2) is 5.40. The van der Waals surface area contributed by atoms with Gasteiger partial charge in [0.25, 0.3) is 0 Å². The van der Waals surface area contributed by atoms with E-state index in [1.165, 1.54) is 16.5 Å². The largest absolute Gasteiger partial charge is 0.385 e. The van der Waals surface area contributed by atoms with Crippen LogP contribution in [-0.2, 0) is 5.60 Å². The SMILES string of the molecule is CCC(C)(C)C1CCC(O)(c2cccc3ccsc23)CC1. The Labute approximate surface area is 132 Å². The minimum absolute atomic E-state index is 0.399. The summed E-state index contributed by atoms with van der Waals surface area (Å²) in [5.74, 6) is 0.741. The van der Waals surface area contributed by atoms with Gasteiger partial charge in [-0.15, -0.1) is 11.3 Å². The van der Waals surface area contributed by atoms with Gasteiger partial charge >= 0.3 is 0 Å². The molecular formula is C19H26OS. The molecule has 0 aliphatic heterocycles. The maximum absolute atomic E-state index is 11.2. The van der Waals surface area contributed by atoms with Gasteiger partial charge in [0.1, 0.15) is 0 Å². The van der Waals surface area contributed by atoms with E-state index in [0.717, 1.165) is 37.2 Å². The highest BCUT2D eigenvalue weighted by molar-refractivity contribution is 7.17. The molecule has 1 aliphatic rings. The van der Waals surface area contributed by atoms with Crippen LogP contribution >= 0.6 is 11.3 Å². The average Bonchev–Trinajstić information content (AvgIpc) is 2.96. The van der Waals surface area contributed by atoms with Crippen LogP contribution in [-0.4, -0.2) is 5.11 Å². The zero-order chi connectivity index (χ0) is 15.1. The lowest BCUT2D eigenvalue weighted by molar-refractivity contribution is -0.0315. The number of hydrogen-bond donors (Lipinski definition) is 1. The van der Waals surface area contributed by atoms with Crippen molar-refractivity contribution in [2.24, 2.45) is 11.3 Å². The molecule has 1 nitrogen and oxygen atoms in total. The molecule has 0 radical (unpaired) electrons. The van der Waals surface area contributed by atoms with Crippen LogP contribution in [0.4, 0.5) is 0 Å². The zero-order valence-corrected chi connectivity index (χ0v) is 14.2. The molecule has 1 aliphatic carbocycles. The van der Waals surface area contributed by atoms with E-state index in [0.29, 0.717) is 5.41 Å². The Balaban J connectivity index is 1.86. The Morgan fingerprint density at radius 3 is 2.62 bits per heavy atom. The van der Waals surface area contributed by atoms with Crippen LogP contribution < -0.4 is 0 Å². The minimum atomic E-state index is -0.620. The predicted octanol–water partition coefficient (Wildman–Crippen LogP) is 5.72. The molecule has 0 bridgehead atoms. The van der Waals surface area contributed by atoms with Gasteiger partial charge in [-0.25, -0.2) is 0 Å². The molecule has 1 saturated carbocycles. The third kappa shape index (κ3) is 2.64. The molecule has 1 N–H and O–H groups in total. The molecule has 0 saturated heterocycles. The molecular weight excluding hydrogens is 276 g/mol. The Bertz CT molecular complexity index is 617. The van der Waals surface area contributed by atoms with E-state index in [1.807, 2.05) is 0 Å². The van der Waals surface area contributed by atoms with Gasteiger partial charge in [-0.1, -0.05) is 45.4 Å². The lowest BCUT2D eigenvalue weighted by atomic mass is 9.65. The highest BCUT2D eigenvalue weighted by Crippen LogP contribution is 2.48. The van der Waals surface area contributed by atoms with Crippen molar-refractivity contribution >= 4 is 21.4 Å². The fourth-order valence-electron chi connectivity index (χ4n) is 3.79. The van der Waals surface area contributed by atoms with Gasteiger partial charge in [-0.05, 0) is 53.8 Å². The molecule has 3 rings (SSSR count). The van der Waals surface area contributed by atoms with Gasteiger partial charge in [-0.2, -0.15) is 0 Å². The summed E-state index contributed by atoms with van der Waals surface area (Å²) in [7, 11) is 0. The van der Waals surface area contributed by atoms with Gasteiger partial charge in [0.15, 0.2) is 0 Å². The minimum Gasteiger partial charge on any atom is -0.385 e. The van der Waals surface area contributed by atoms with Crippen LogP contribution in [0.5, 0.6) is 0 Å². The second-order valence-electron chi connectivity index (χ2n) is 7.29. The van der Waals surface area contributed by atoms with Crippen molar-refractivity contribution in [2.75, 3.05) is 0 Å². The highest BCUT2D eigenvalue weighted by Gasteiger charge is 2.40. The highest BCUT2D eigenvalue weighted by atomic mass is 32.1. The Morgan fingerprint density at radius 1 is 1.24 bits per heavy atom. The van der Waals surface area contributed by atoms with Crippen LogP contribution in [0.3, 0.4) is 0 Å². The lowest BCUT2D eigenvalue weighted by Gasteiger charge is -2.43. The number of aliphatic hydroxyl groups is 1. The number of hydrogen-bond acceptors (Lipinski definition) is 2. The Hall–Kier alpha value is -0.860. The van der Waals surface area contributed by atoms with Crippen molar-refractivity contribution in [3.05, 3.63) is 35.2 Å². The molecule has 21 heavy (non-hydrogen) atoms. The van der Waals surface area contributed by atoms with E-state index < -0.39 is 5.60 Å². The van der Waals surface area contributed by atoms with Crippen molar-refractivity contribution in [1.82, 2.24) is 0 Å². The van der Waals surface area contributed by atoms with Crippen molar-refractivity contribution in [3.8, 4) is 0 Å². The lowest BCUT2D eigenvalue weighted by Crippen LogP contribution is -2.36. The van der Waals surface area contributed by atoms with Crippen LogP contribution in [0.25, 0.3) is 10.1 Å². The molecule has 0 spiro atoms. The first-order valence-corrected chi connectivity index (χ1v) is 9.03. The second-order valence-corrected chi connectivity index (χ2v) is 8.21. The average molecular weight is 302 g/mol. The van der Waals surface area contributed by atoms with Crippen molar-refractivity contribution in [1.29, 1.82) is 0 Å². The molecule has 114 valence electrons. The summed E-state index contributed by atoms with van der Waals surface area (Å²) in [5.41, 5.74) is 0.934. The quantitative estimate of drug-likeness (QED) is 0.769. The van der Waals surface area contributed by atoms with Crippen LogP contribution in [0.15, 0.2) is 29.6 Å².